The molecule has 0 radical (unpaired) electrons. The predicted molar refractivity (Wildman–Crippen MR) is 312 cm³/mol. The topological polar surface area (TPSA) is 78.9 Å². The van der Waals surface area contributed by atoms with Gasteiger partial charge in [-0.25, -0.2) is 0 Å². The molecule has 0 aromatic heterocycles. The van der Waals surface area contributed by atoms with Crippen LogP contribution in [0.5, 0.6) is 0 Å². The fourth-order valence-corrected chi connectivity index (χ4v) is 9.83. The third-order valence-electron chi connectivity index (χ3n) is 14.7. The number of esters is 3. The molecule has 1 unspecified atom stereocenters. The molecule has 0 aromatic rings. The minimum Gasteiger partial charge on any atom is -0.462 e. The maximum absolute atomic E-state index is 12.9. The number of hydrogen-bond donors (Lipinski definition) is 0. The second kappa shape index (κ2) is 61.4. The molecular formula is C66H124O6. The highest BCUT2D eigenvalue weighted by molar-refractivity contribution is 5.71. The second-order valence-electron chi connectivity index (χ2n) is 22.0. The van der Waals surface area contributed by atoms with Crippen LogP contribution < -0.4 is 0 Å². The Kier molecular flexibility index (Phi) is 59.6. The van der Waals surface area contributed by atoms with E-state index >= 15 is 0 Å². The molecule has 6 heteroatoms. The molecule has 0 saturated carbocycles. The van der Waals surface area contributed by atoms with Crippen molar-refractivity contribution in [1.82, 2.24) is 0 Å². The van der Waals surface area contributed by atoms with E-state index in [1.54, 1.807) is 0 Å². The van der Waals surface area contributed by atoms with Crippen LogP contribution in [0.15, 0.2) is 24.3 Å². The van der Waals surface area contributed by atoms with Crippen molar-refractivity contribution in [3.8, 4) is 0 Å². The smallest absolute Gasteiger partial charge is 0.306 e. The fourth-order valence-electron chi connectivity index (χ4n) is 9.83. The van der Waals surface area contributed by atoms with Crippen LogP contribution in [0, 0.1) is 0 Å². The molecule has 424 valence electrons. The van der Waals surface area contributed by atoms with Crippen LogP contribution >= 0.6 is 0 Å². The van der Waals surface area contributed by atoms with E-state index < -0.39 is 6.10 Å². The molecule has 0 bridgehead atoms. The highest BCUT2D eigenvalue weighted by atomic mass is 16.6. The van der Waals surface area contributed by atoms with Gasteiger partial charge in [0.05, 0.1) is 0 Å². The summed E-state index contributed by atoms with van der Waals surface area (Å²) in [5, 5.41) is 0. The number of carbonyl (C=O) groups excluding carboxylic acids is 3. The van der Waals surface area contributed by atoms with Gasteiger partial charge in [-0.15, -0.1) is 0 Å². The van der Waals surface area contributed by atoms with E-state index in [2.05, 4.69) is 45.1 Å². The predicted octanol–water partition coefficient (Wildman–Crippen LogP) is 21.8. The molecule has 0 N–H and O–H groups in total. The minimum atomic E-state index is -0.766. The van der Waals surface area contributed by atoms with E-state index in [0.717, 1.165) is 64.2 Å². The van der Waals surface area contributed by atoms with E-state index in [4.69, 9.17) is 14.2 Å². The molecule has 0 heterocycles. The van der Waals surface area contributed by atoms with Crippen LogP contribution in [0.3, 0.4) is 0 Å². The van der Waals surface area contributed by atoms with Crippen LogP contribution in [0.25, 0.3) is 0 Å². The van der Waals surface area contributed by atoms with Gasteiger partial charge < -0.3 is 14.2 Å². The second-order valence-corrected chi connectivity index (χ2v) is 22.0. The van der Waals surface area contributed by atoms with E-state index in [-0.39, 0.29) is 31.1 Å². The summed E-state index contributed by atoms with van der Waals surface area (Å²) in [5.41, 5.74) is 0. The van der Waals surface area contributed by atoms with Crippen molar-refractivity contribution in [2.45, 2.75) is 367 Å². The average molecular weight is 1010 g/mol. The standard InChI is InChI=1S/C66H124O6/c1-4-7-10-13-16-19-21-23-25-27-29-31-32-33-34-35-37-38-40-42-44-47-50-53-56-59-65(68)71-62-63(61-70-64(67)58-55-52-49-46-18-15-12-9-6-3)72-66(69)60-57-54-51-48-45-43-41-39-36-30-28-26-24-22-20-17-14-11-8-5-2/h21,23,27,29,63H,4-20,22,24-26,28,30-62H2,1-3H3/b23-21-,29-27-. The first-order chi connectivity index (χ1) is 35.5. The van der Waals surface area contributed by atoms with Gasteiger partial charge in [0.15, 0.2) is 6.10 Å². The molecule has 0 rings (SSSR count). The van der Waals surface area contributed by atoms with Crippen LogP contribution in [0.2, 0.25) is 0 Å². The molecule has 1 atom stereocenters. The van der Waals surface area contributed by atoms with Crippen molar-refractivity contribution in [3.63, 3.8) is 0 Å². The molecule has 0 aliphatic carbocycles. The van der Waals surface area contributed by atoms with Gasteiger partial charge in [0.25, 0.3) is 0 Å². The highest BCUT2D eigenvalue weighted by Crippen LogP contribution is 2.18. The lowest BCUT2D eigenvalue weighted by molar-refractivity contribution is -0.167. The van der Waals surface area contributed by atoms with Crippen molar-refractivity contribution < 1.29 is 28.6 Å². The van der Waals surface area contributed by atoms with Crippen LogP contribution in [0.4, 0.5) is 0 Å². The zero-order valence-electron chi connectivity index (χ0n) is 48.7. The first-order valence-corrected chi connectivity index (χ1v) is 32.3. The van der Waals surface area contributed by atoms with Crippen molar-refractivity contribution in [2.24, 2.45) is 0 Å². The SMILES string of the molecule is CCCCCCC/C=C\C/C=C\CCCCCCCCCCCCCCCC(=O)OCC(COC(=O)CCCCCCCCCCC)OC(=O)CCCCCCCCCCCCCCCCCCCCCC. The highest BCUT2D eigenvalue weighted by Gasteiger charge is 2.19. The van der Waals surface area contributed by atoms with E-state index in [1.807, 2.05) is 0 Å². The number of carbonyl (C=O) groups is 3. The first-order valence-electron chi connectivity index (χ1n) is 32.3. The van der Waals surface area contributed by atoms with Crippen molar-refractivity contribution in [3.05, 3.63) is 24.3 Å². The summed E-state index contributed by atoms with van der Waals surface area (Å²) in [6, 6.07) is 0. The Morgan fingerprint density at radius 1 is 0.278 bits per heavy atom. The third-order valence-corrected chi connectivity index (χ3v) is 14.7. The summed E-state index contributed by atoms with van der Waals surface area (Å²) >= 11 is 0. The molecule has 0 saturated heterocycles. The van der Waals surface area contributed by atoms with E-state index in [0.29, 0.717) is 19.3 Å². The Morgan fingerprint density at radius 3 is 0.764 bits per heavy atom. The van der Waals surface area contributed by atoms with Gasteiger partial charge in [-0.1, -0.05) is 315 Å². The van der Waals surface area contributed by atoms with Crippen LogP contribution in [0.1, 0.15) is 361 Å². The molecule has 0 aliphatic rings. The monoisotopic (exact) mass is 1010 g/mol. The maximum atomic E-state index is 12.9. The number of rotatable bonds is 60. The average Bonchev–Trinajstić information content (AvgIpc) is 3.38. The van der Waals surface area contributed by atoms with Gasteiger partial charge in [-0.2, -0.15) is 0 Å². The summed E-state index contributed by atoms with van der Waals surface area (Å²) in [6.45, 7) is 6.68. The Hall–Kier alpha value is -2.11. The Bertz CT molecular complexity index is 1160. The molecule has 72 heavy (non-hydrogen) atoms. The number of allylic oxidation sites excluding steroid dienone is 4. The first kappa shape index (κ1) is 69.9. The number of unbranched alkanes of at least 4 members (excludes halogenated alkanes) is 45. The lowest BCUT2D eigenvalue weighted by atomic mass is 10.0. The van der Waals surface area contributed by atoms with Crippen molar-refractivity contribution in [1.29, 1.82) is 0 Å². The zero-order chi connectivity index (χ0) is 52.2. The fraction of sp³-hybridized carbons (Fsp3) is 0.894. The van der Waals surface area contributed by atoms with E-state index in [9.17, 15) is 14.4 Å². The number of hydrogen-bond acceptors (Lipinski definition) is 6. The third kappa shape index (κ3) is 58.8. The van der Waals surface area contributed by atoms with E-state index in [1.165, 1.54) is 257 Å². The van der Waals surface area contributed by atoms with Gasteiger partial charge in [0.2, 0.25) is 0 Å². The molecule has 6 nitrogen and oxygen atoms in total. The molecule has 0 aliphatic heterocycles. The normalized spacial score (nSPS) is 12.1. The van der Waals surface area contributed by atoms with Crippen LogP contribution in [-0.2, 0) is 28.6 Å². The summed E-state index contributed by atoms with van der Waals surface area (Å²) in [4.78, 5) is 38.2. The lowest BCUT2D eigenvalue weighted by Gasteiger charge is -2.18. The largest absolute Gasteiger partial charge is 0.462 e. The summed E-state index contributed by atoms with van der Waals surface area (Å²) in [5.74, 6) is -0.842. The Labute approximate surface area is 449 Å². The quantitative estimate of drug-likeness (QED) is 0.0261. The zero-order valence-corrected chi connectivity index (χ0v) is 48.7. The molecule has 0 amide bonds. The van der Waals surface area contributed by atoms with Gasteiger partial charge in [-0.3, -0.25) is 14.4 Å². The van der Waals surface area contributed by atoms with Crippen molar-refractivity contribution >= 4 is 17.9 Å². The Morgan fingerprint density at radius 2 is 0.500 bits per heavy atom. The summed E-state index contributed by atoms with van der Waals surface area (Å²) in [7, 11) is 0. The molecule has 0 fully saturated rings. The summed E-state index contributed by atoms with van der Waals surface area (Å²) < 4.78 is 16.9. The Balaban J connectivity index is 4.15. The van der Waals surface area contributed by atoms with Crippen LogP contribution in [-0.4, -0.2) is 37.2 Å². The van der Waals surface area contributed by atoms with Gasteiger partial charge in [0, 0.05) is 19.3 Å². The van der Waals surface area contributed by atoms with Gasteiger partial charge in [-0.05, 0) is 51.4 Å². The summed E-state index contributed by atoms with van der Waals surface area (Å²) in [6.07, 6.45) is 73.4. The van der Waals surface area contributed by atoms with Gasteiger partial charge in [0.1, 0.15) is 13.2 Å². The lowest BCUT2D eigenvalue weighted by Crippen LogP contribution is -2.30. The van der Waals surface area contributed by atoms with Gasteiger partial charge >= 0.3 is 17.9 Å². The molecule has 0 spiro atoms. The molecular weight excluding hydrogens is 889 g/mol. The number of ether oxygens (including phenoxy) is 3. The maximum Gasteiger partial charge on any atom is 0.306 e. The molecule has 0 aromatic carbocycles. The minimum absolute atomic E-state index is 0.0653. The van der Waals surface area contributed by atoms with Crippen molar-refractivity contribution in [2.75, 3.05) is 13.2 Å².